The zero-order valence-electron chi connectivity index (χ0n) is 14.8. The number of halogens is 1. The minimum absolute atomic E-state index is 0. The summed E-state index contributed by atoms with van der Waals surface area (Å²) in [6.07, 6.45) is 1.14. The summed E-state index contributed by atoms with van der Waals surface area (Å²) >= 11 is 1.74. The van der Waals surface area contributed by atoms with Gasteiger partial charge in [0.15, 0.2) is 5.96 Å². The van der Waals surface area contributed by atoms with Gasteiger partial charge in [0.25, 0.3) is 0 Å². The maximum absolute atomic E-state index is 4.69. The van der Waals surface area contributed by atoms with E-state index in [2.05, 4.69) is 53.5 Å². The summed E-state index contributed by atoms with van der Waals surface area (Å²) in [7, 11) is 1.81. The lowest BCUT2D eigenvalue weighted by Crippen LogP contribution is -2.37. The van der Waals surface area contributed by atoms with Gasteiger partial charge in [-0.05, 0) is 19.3 Å². The molecule has 0 aliphatic rings. The Balaban J connectivity index is 0.00000288. The molecule has 6 heteroatoms. The van der Waals surface area contributed by atoms with E-state index in [1.807, 2.05) is 18.2 Å². The van der Waals surface area contributed by atoms with E-state index >= 15 is 0 Å². The zero-order chi connectivity index (χ0) is 16.7. The standard InChI is InChI=1S/C18H26N4S.HI/c1-13(2)10-11-20-18(19-4)21-12-16-14(3)22-17(23-16)15-8-6-5-7-9-15;/h5-9,13H,10-12H2,1-4H3,(H2,19,20,21);1H. The number of guanidine groups is 1. The molecule has 2 rings (SSSR count). The Morgan fingerprint density at radius 2 is 1.92 bits per heavy atom. The van der Waals surface area contributed by atoms with Crippen molar-refractivity contribution in [3.63, 3.8) is 0 Å². The average molecular weight is 458 g/mol. The van der Waals surface area contributed by atoms with Gasteiger partial charge in [-0.25, -0.2) is 4.98 Å². The molecule has 132 valence electrons. The molecule has 0 amide bonds. The van der Waals surface area contributed by atoms with Crippen molar-refractivity contribution < 1.29 is 0 Å². The van der Waals surface area contributed by atoms with Crippen LogP contribution in [0.25, 0.3) is 10.6 Å². The Hall–Kier alpha value is -1.15. The highest BCUT2D eigenvalue weighted by Crippen LogP contribution is 2.27. The van der Waals surface area contributed by atoms with E-state index in [-0.39, 0.29) is 24.0 Å². The molecule has 0 fully saturated rings. The molecule has 1 aromatic heterocycles. The Bertz CT molecular complexity index is 638. The molecule has 4 nitrogen and oxygen atoms in total. The fourth-order valence-corrected chi connectivity index (χ4v) is 3.17. The van der Waals surface area contributed by atoms with Crippen molar-refractivity contribution >= 4 is 41.3 Å². The highest BCUT2D eigenvalue weighted by molar-refractivity contribution is 14.0. The van der Waals surface area contributed by atoms with Gasteiger partial charge in [0.1, 0.15) is 5.01 Å². The number of hydrogen-bond donors (Lipinski definition) is 2. The van der Waals surface area contributed by atoms with Crippen LogP contribution < -0.4 is 10.6 Å². The Morgan fingerprint density at radius 1 is 1.21 bits per heavy atom. The van der Waals surface area contributed by atoms with Crippen molar-refractivity contribution in [3.05, 3.63) is 40.9 Å². The van der Waals surface area contributed by atoms with Crippen molar-refractivity contribution in [3.8, 4) is 10.6 Å². The topological polar surface area (TPSA) is 49.3 Å². The number of aryl methyl sites for hydroxylation is 1. The first-order valence-corrected chi connectivity index (χ1v) is 8.88. The first-order valence-electron chi connectivity index (χ1n) is 8.06. The van der Waals surface area contributed by atoms with Gasteiger partial charge in [0.2, 0.25) is 0 Å². The van der Waals surface area contributed by atoms with Gasteiger partial charge in [0.05, 0.1) is 12.2 Å². The van der Waals surface area contributed by atoms with E-state index in [9.17, 15) is 0 Å². The zero-order valence-corrected chi connectivity index (χ0v) is 17.9. The third kappa shape index (κ3) is 6.39. The van der Waals surface area contributed by atoms with Gasteiger partial charge in [-0.3, -0.25) is 4.99 Å². The predicted octanol–water partition coefficient (Wildman–Crippen LogP) is 4.45. The number of rotatable bonds is 6. The monoisotopic (exact) mass is 458 g/mol. The van der Waals surface area contributed by atoms with E-state index in [0.717, 1.165) is 36.2 Å². The maximum atomic E-state index is 4.69. The fraction of sp³-hybridized carbons (Fsp3) is 0.444. The largest absolute Gasteiger partial charge is 0.356 e. The molecule has 1 aromatic carbocycles. The summed E-state index contributed by atoms with van der Waals surface area (Å²) in [5, 5.41) is 7.80. The van der Waals surface area contributed by atoms with Crippen molar-refractivity contribution in [1.82, 2.24) is 15.6 Å². The fourth-order valence-electron chi connectivity index (χ4n) is 2.16. The number of nitrogens with one attached hydrogen (secondary N) is 2. The molecular weight excluding hydrogens is 431 g/mol. The molecule has 2 N–H and O–H groups in total. The van der Waals surface area contributed by atoms with Gasteiger partial charge in [-0.15, -0.1) is 35.3 Å². The number of benzene rings is 1. The molecule has 0 aliphatic carbocycles. The summed E-state index contributed by atoms with van der Waals surface area (Å²) in [5.41, 5.74) is 2.25. The molecule has 0 bridgehead atoms. The maximum Gasteiger partial charge on any atom is 0.191 e. The lowest BCUT2D eigenvalue weighted by atomic mass is 10.1. The van der Waals surface area contributed by atoms with Gasteiger partial charge < -0.3 is 10.6 Å². The van der Waals surface area contributed by atoms with Gasteiger partial charge in [0, 0.05) is 24.0 Å². The van der Waals surface area contributed by atoms with Crippen LogP contribution >= 0.6 is 35.3 Å². The Labute approximate surface area is 166 Å². The van der Waals surface area contributed by atoms with Crippen LogP contribution in [0.4, 0.5) is 0 Å². The van der Waals surface area contributed by atoms with E-state index in [1.165, 1.54) is 10.4 Å². The molecule has 0 spiro atoms. The highest BCUT2D eigenvalue weighted by Gasteiger charge is 2.09. The summed E-state index contributed by atoms with van der Waals surface area (Å²) in [6.45, 7) is 8.20. The van der Waals surface area contributed by atoms with Crippen LogP contribution in [0, 0.1) is 12.8 Å². The third-order valence-corrected chi connectivity index (χ3v) is 4.77. The number of thiazole rings is 1. The molecule has 0 saturated carbocycles. The molecule has 24 heavy (non-hydrogen) atoms. The second kappa shape index (κ2) is 10.7. The van der Waals surface area contributed by atoms with Crippen molar-refractivity contribution in [2.75, 3.05) is 13.6 Å². The van der Waals surface area contributed by atoms with Crippen LogP contribution in [0.15, 0.2) is 35.3 Å². The predicted molar refractivity (Wildman–Crippen MR) is 115 cm³/mol. The number of hydrogen-bond acceptors (Lipinski definition) is 3. The van der Waals surface area contributed by atoms with E-state index in [1.54, 1.807) is 18.4 Å². The number of nitrogens with zero attached hydrogens (tertiary/aromatic N) is 2. The molecule has 0 atom stereocenters. The average Bonchev–Trinajstić information content (AvgIpc) is 2.92. The van der Waals surface area contributed by atoms with Gasteiger partial charge in [-0.1, -0.05) is 44.2 Å². The molecule has 0 aliphatic heterocycles. The highest BCUT2D eigenvalue weighted by atomic mass is 127. The molecular formula is C18H27IN4S. The van der Waals surface area contributed by atoms with Crippen LogP contribution in [0.5, 0.6) is 0 Å². The molecule has 0 unspecified atom stereocenters. The third-order valence-electron chi connectivity index (χ3n) is 3.57. The van der Waals surface area contributed by atoms with Crippen LogP contribution in [-0.4, -0.2) is 24.5 Å². The summed E-state index contributed by atoms with van der Waals surface area (Å²) in [4.78, 5) is 10.2. The van der Waals surface area contributed by atoms with Crippen LogP contribution in [-0.2, 0) is 6.54 Å². The molecule has 0 saturated heterocycles. The van der Waals surface area contributed by atoms with Crippen LogP contribution in [0.1, 0.15) is 30.8 Å². The van der Waals surface area contributed by atoms with Gasteiger partial charge >= 0.3 is 0 Å². The smallest absolute Gasteiger partial charge is 0.191 e. The van der Waals surface area contributed by atoms with E-state index in [4.69, 9.17) is 0 Å². The number of aliphatic imine (C=N–C) groups is 1. The van der Waals surface area contributed by atoms with Crippen LogP contribution in [0.2, 0.25) is 0 Å². The number of aromatic nitrogens is 1. The summed E-state index contributed by atoms with van der Waals surface area (Å²) in [5.74, 6) is 1.54. The summed E-state index contributed by atoms with van der Waals surface area (Å²) < 4.78 is 0. The minimum Gasteiger partial charge on any atom is -0.356 e. The SMILES string of the molecule is CN=C(NCCC(C)C)NCc1sc(-c2ccccc2)nc1C.I. The Kier molecular flexibility index (Phi) is 9.28. The van der Waals surface area contributed by atoms with Crippen molar-refractivity contribution in [2.24, 2.45) is 10.9 Å². The molecule has 2 aromatic rings. The second-order valence-electron chi connectivity index (χ2n) is 5.93. The van der Waals surface area contributed by atoms with E-state index < -0.39 is 0 Å². The van der Waals surface area contributed by atoms with Crippen molar-refractivity contribution in [1.29, 1.82) is 0 Å². The first-order chi connectivity index (χ1) is 11.1. The minimum atomic E-state index is 0. The second-order valence-corrected chi connectivity index (χ2v) is 7.01. The lowest BCUT2D eigenvalue weighted by molar-refractivity contribution is 0.573. The molecule has 0 radical (unpaired) electrons. The first kappa shape index (κ1) is 20.9. The summed E-state index contributed by atoms with van der Waals surface area (Å²) in [6, 6.07) is 10.3. The van der Waals surface area contributed by atoms with Gasteiger partial charge in [-0.2, -0.15) is 0 Å². The Morgan fingerprint density at radius 3 is 2.54 bits per heavy atom. The quantitative estimate of drug-likeness (QED) is 0.382. The normalized spacial score (nSPS) is 11.3. The van der Waals surface area contributed by atoms with Crippen molar-refractivity contribution in [2.45, 2.75) is 33.7 Å². The van der Waals surface area contributed by atoms with E-state index in [0.29, 0.717) is 5.92 Å². The van der Waals surface area contributed by atoms with Crippen LogP contribution in [0.3, 0.4) is 0 Å². The lowest BCUT2D eigenvalue weighted by Gasteiger charge is -2.12. The molecule has 1 heterocycles.